The van der Waals surface area contributed by atoms with E-state index < -0.39 is 21.6 Å². The fourth-order valence-corrected chi connectivity index (χ4v) is 7.95. The van der Waals surface area contributed by atoms with Gasteiger partial charge in [0, 0.05) is 0 Å². The Morgan fingerprint density at radius 2 is 2.20 bits per heavy atom. The second-order valence-electron chi connectivity index (χ2n) is 8.95. The molecule has 11 heteroatoms. The predicted molar refractivity (Wildman–Crippen MR) is 127 cm³/mol. The second-order valence-corrected chi connectivity index (χ2v) is 12.6. The van der Waals surface area contributed by atoms with E-state index in [4.69, 9.17) is 12.5 Å². The molecule has 0 spiro atoms. The van der Waals surface area contributed by atoms with Gasteiger partial charge in [-0.05, 0) is 6.26 Å². The number of alkyl halides is 1. The SMILES string of the molecule is CSc1ccc2c(c1)CCN2c1ncnc(OC2C3CO[I-]C2CN(C(=O)OC(C)C)C3)c1C#N. The average Bonchev–Trinajstić information content (AvgIpc) is 3.26. The van der Waals surface area contributed by atoms with Crippen LogP contribution in [0.2, 0.25) is 0 Å². The fraction of sp³-hybridized carbons (Fsp3) is 0.500. The molecular weight excluding hydrogens is 581 g/mol. The molecule has 3 aliphatic heterocycles. The molecule has 3 aliphatic rings. The summed E-state index contributed by atoms with van der Waals surface area (Å²) in [4.78, 5) is 26.4. The Morgan fingerprint density at radius 3 is 2.94 bits per heavy atom. The van der Waals surface area contributed by atoms with Crippen LogP contribution in [0.3, 0.4) is 0 Å². The molecule has 186 valence electrons. The number of anilines is 2. The summed E-state index contributed by atoms with van der Waals surface area (Å²) >= 11 is 1.09. The summed E-state index contributed by atoms with van der Waals surface area (Å²) in [6, 6.07) is 8.68. The first-order valence-electron chi connectivity index (χ1n) is 11.6. The van der Waals surface area contributed by atoms with Gasteiger partial charge >= 0.3 is 214 Å². The number of likely N-dealkylation sites (tertiary alicyclic amines) is 1. The third kappa shape index (κ3) is 4.88. The number of hydrogen-bond acceptors (Lipinski definition) is 9. The van der Waals surface area contributed by atoms with Crippen molar-refractivity contribution in [2.75, 3.05) is 37.4 Å². The maximum absolute atomic E-state index is 12.5. The first kappa shape index (κ1) is 24.4. The van der Waals surface area contributed by atoms with Gasteiger partial charge in [0.2, 0.25) is 0 Å². The third-order valence-electron chi connectivity index (χ3n) is 6.31. The summed E-state index contributed by atoms with van der Waals surface area (Å²) in [6.07, 6.45) is 3.81. The number of benzene rings is 1. The molecule has 4 heterocycles. The van der Waals surface area contributed by atoms with Crippen LogP contribution in [0, 0.1) is 17.2 Å². The first-order chi connectivity index (χ1) is 17.0. The number of nitriles is 1. The Labute approximate surface area is 219 Å². The molecular formula is C24H27IN5O4S-. The van der Waals surface area contributed by atoms with Crippen molar-refractivity contribution in [2.45, 2.75) is 41.3 Å². The van der Waals surface area contributed by atoms with Crippen molar-refractivity contribution in [3.05, 3.63) is 35.7 Å². The number of piperidine rings is 1. The van der Waals surface area contributed by atoms with Crippen molar-refractivity contribution in [1.82, 2.24) is 14.9 Å². The summed E-state index contributed by atoms with van der Waals surface area (Å²) in [5, 5.41) is 10.1. The van der Waals surface area contributed by atoms with E-state index in [-0.39, 0.29) is 28.1 Å². The average molecular weight is 608 g/mol. The van der Waals surface area contributed by atoms with Crippen molar-refractivity contribution in [1.29, 1.82) is 5.26 Å². The topological polar surface area (TPSA) is 101 Å². The fourth-order valence-electron chi connectivity index (χ4n) is 4.70. The number of ether oxygens (including phenoxy) is 2. The number of carbonyl (C=O) groups is 1. The molecule has 0 radical (unpaired) electrons. The summed E-state index contributed by atoms with van der Waals surface area (Å²) in [5.41, 5.74) is 2.66. The Balaban J connectivity index is 1.38. The van der Waals surface area contributed by atoms with Gasteiger partial charge < -0.3 is 0 Å². The molecule has 0 saturated carbocycles. The molecule has 9 nitrogen and oxygen atoms in total. The molecule has 35 heavy (non-hydrogen) atoms. The minimum absolute atomic E-state index is 0.00986. The number of amides is 1. The predicted octanol–water partition coefficient (Wildman–Crippen LogP) is 0.391. The van der Waals surface area contributed by atoms with Crippen LogP contribution in [0.4, 0.5) is 16.3 Å². The quantitative estimate of drug-likeness (QED) is 0.271. The van der Waals surface area contributed by atoms with Crippen LogP contribution in [0.5, 0.6) is 5.88 Å². The zero-order valence-electron chi connectivity index (χ0n) is 19.8. The number of halogens is 1. The van der Waals surface area contributed by atoms with Crippen molar-refractivity contribution < 1.29 is 39.0 Å². The first-order valence-corrected chi connectivity index (χ1v) is 14.9. The van der Waals surface area contributed by atoms with Crippen molar-refractivity contribution in [2.24, 2.45) is 5.92 Å². The number of hydrogen-bond donors (Lipinski definition) is 0. The van der Waals surface area contributed by atoms with E-state index in [0.29, 0.717) is 37.0 Å². The molecule has 3 unspecified atom stereocenters. The normalized spacial score (nSPS) is 23.3. The van der Waals surface area contributed by atoms with Gasteiger partial charge in [-0.2, -0.15) is 0 Å². The monoisotopic (exact) mass is 608 g/mol. The van der Waals surface area contributed by atoms with Gasteiger partial charge in [0.15, 0.2) is 0 Å². The summed E-state index contributed by atoms with van der Waals surface area (Å²) in [6.45, 7) is 5.99. The van der Waals surface area contributed by atoms with Gasteiger partial charge in [0.05, 0.1) is 0 Å². The van der Waals surface area contributed by atoms with Gasteiger partial charge in [-0.3, -0.25) is 0 Å². The molecule has 2 aromatic rings. The summed E-state index contributed by atoms with van der Waals surface area (Å²) < 4.78 is 17.8. The zero-order chi connectivity index (χ0) is 24.5. The number of rotatable bonds is 5. The Hall–Kier alpha value is -2.30. The number of thioether (sulfide) groups is 1. The number of aromatic nitrogens is 2. The van der Waals surface area contributed by atoms with Gasteiger partial charge in [0.25, 0.3) is 0 Å². The van der Waals surface area contributed by atoms with Crippen molar-refractivity contribution >= 4 is 29.4 Å². The standard InChI is InChI=1S/C24H27IN5O4S/c1-14(2)33-24(31)29-10-16-12-32-25-19(11-29)21(16)34-23-18(9-26)22(27-13-28-23)30-7-6-15-8-17(35-3)4-5-20(15)30/h4-5,8,13-14,16,19,21H,6-7,10-12H2,1-3H3/q-1. The van der Waals surface area contributed by atoms with Gasteiger partial charge in [-0.25, -0.2) is 0 Å². The zero-order valence-corrected chi connectivity index (χ0v) is 22.8. The van der Waals surface area contributed by atoms with E-state index in [0.717, 1.165) is 18.7 Å². The molecule has 1 aromatic carbocycles. The number of carbonyl (C=O) groups excluding carboxylic acids is 1. The van der Waals surface area contributed by atoms with Gasteiger partial charge in [-0.15, -0.1) is 0 Å². The Morgan fingerprint density at radius 1 is 1.34 bits per heavy atom. The van der Waals surface area contributed by atoms with Crippen LogP contribution in [0.25, 0.3) is 0 Å². The third-order valence-corrected chi connectivity index (χ3v) is 9.51. The molecule has 5 rings (SSSR count). The van der Waals surface area contributed by atoms with Gasteiger partial charge in [0.1, 0.15) is 0 Å². The van der Waals surface area contributed by atoms with Crippen LogP contribution in [0.15, 0.2) is 29.4 Å². The van der Waals surface area contributed by atoms with Crippen LogP contribution in [-0.4, -0.2) is 69.6 Å². The van der Waals surface area contributed by atoms with E-state index >= 15 is 0 Å². The molecule has 2 bridgehead atoms. The number of fused-ring (bicyclic) bond motifs is 3. The van der Waals surface area contributed by atoms with E-state index in [1.54, 1.807) is 16.7 Å². The summed E-state index contributed by atoms with van der Waals surface area (Å²) in [7, 11) is 0. The molecule has 2 saturated heterocycles. The molecule has 0 aliphatic carbocycles. The van der Waals surface area contributed by atoms with E-state index in [9.17, 15) is 10.1 Å². The van der Waals surface area contributed by atoms with Gasteiger partial charge in [-0.1, -0.05) is 0 Å². The molecule has 3 atom stereocenters. The Bertz CT molecular complexity index is 1150. The molecule has 1 aromatic heterocycles. The van der Waals surface area contributed by atoms with Crippen LogP contribution in [-0.2, 0) is 14.2 Å². The molecule has 0 N–H and O–H groups in total. The summed E-state index contributed by atoms with van der Waals surface area (Å²) in [5.74, 6) is 0.863. The van der Waals surface area contributed by atoms with E-state index in [1.165, 1.54) is 16.8 Å². The van der Waals surface area contributed by atoms with Crippen molar-refractivity contribution in [3.63, 3.8) is 0 Å². The van der Waals surface area contributed by atoms with E-state index in [2.05, 4.69) is 45.4 Å². The molecule has 2 fully saturated rings. The Kier molecular flexibility index (Phi) is 7.22. The van der Waals surface area contributed by atoms with Crippen LogP contribution >= 0.6 is 11.8 Å². The molecule has 1 amide bonds. The number of nitrogens with zero attached hydrogens (tertiary/aromatic N) is 5. The van der Waals surface area contributed by atoms with Crippen LogP contribution in [0.1, 0.15) is 25.0 Å². The van der Waals surface area contributed by atoms with Crippen molar-refractivity contribution in [3.8, 4) is 11.9 Å². The van der Waals surface area contributed by atoms with E-state index in [1.807, 2.05) is 13.8 Å². The minimum atomic E-state index is -0.624. The second kappa shape index (κ2) is 10.4. The van der Waals surface area contributed by atoms with Crippen LogP contribution < -0.4 is 31.3 Å². The maximum atomic E-state index is 12.5.